The zero-order valence-corrected chi connectivity index (χ0v) is 15.9. The van der Waals surface area contributed by atoms with Crippen LogP contribution in [-0.2, 0) is 33.2 Å². The van der Waals surface area contributed by atoms with Crippen molar-refractivity contribution in [2.75, 3.05) is 13.7 Å². The van der Waals surface area contributed by atoms with E-state index in [2.05, 4.69) is 5.32 Å². The molecular formula is C17H27NO8. The first-order valence-corrected chi connectivity index (χ1v) is 8.71. The van der Waals surface area contributed by atoms with Gasteiger partial charge in [-0.3, -0.25) is 4.79 Å². The Bertz CT molecular complexity index is 572. The molecule has 3 rings (SSSR count). The first kappa shape index (κ1) is 19.3. The lowest BCUT2D eigenvalue weighted by Crippen LogP contribution is -2.61. The number of carbonyl (C=O) groups excluding carboxylic acids is 2. The molecule has 3 heterocycles. The van der Waals surface area contributed by atoms with E-state index in [1.165, 1.54) is 7.11 Å². The SMILES string of the molecule is COC(=O)[C@H]1CO[C@H]2[C@H](O[C@@H]3OC(C)(C)O[C@@H]32)[C@H]1NC(=O)OC(C)(C)C. The number of ether oxygens (including phenoxy) is 6. The van der Waals surface area contributed by atoms with Crippen molar-refractivity contribution in [1.82, 2.24) is 5.32 Å². The van der Waals surface area contributed by atoms with Crippen LogP contribution >= 0.6 is 0 Å². The van der Waals surface area contributed by atoms with Crippen LogP contribution in [0, 0.1) is 5.92 Å². The van der Waals surface area contributed by atoms with E-state index in [9.17, 15) is 9.59 Å². The van der Waals surface area contributed by atoms with Crippen LogP contribution in [0.5, 0.6) is 0 Å². The monoisotopic (exact) mass is 373 g/mol. The molecule has 3 saturated heterocycles. The van der Waals surface area contributed by atoms with E-state index in [1.54, 1.807) is 34.6 Å². The summed E-state index contributed by atoms with van der Waals surface area (Å²) in [5.41, 5.74) is -0.668. The molecular weight excluding hydrogens is 346 g/mol. The van der Waals surface area contributed by atoms with Crippen molar-refractivity contribution >= 4 is 12.1 Å². The minimum absolute atomic E-state index is 0.0741. The molecule has 0 saturated carbocycles. The molecule has 0 bridgehead atoms. The molecule has 9 heteroatoms. The van der Waals surface area contributed by atoms with Crippen molar-refractivity contribution in [2.24, 2.45) is 5.92 Å². The van der Waals surface area contributed by atoms with E-state index >= 15 is 0 Å². The van der Waals surface area contributed by atoms with E-state index in [0.717, 1.165) is 0 Å². The Balaban J connectivity index is 1.78. The predicted octanol–water partition coefficient (Wildman–Crippen LogP) is 0.944. The van der Waals surface area contributed by atoms with E-state index < -0.39 is 60.0 Å². The number of fused-ring (bicyclic) bond motifs is 3. The fourth-order valence-electron chi connectivity index (χ4n) is 3.52. The molecule has 1 amide bonds. The summed E-state index contributed by atoms with van der Waals surface area (Å²) in [4.78, 5) is 24.4. The Morgan fingerprint density at radius 1 is 1.12 bits per heavy atom. The number of hydrogen-bond donors (Lipinski definition) is 1. The maximum absolute atomic E-state index is 12.3. The molecule has 0 radical (unpaired) electrons. The van der Waals surface area contributed by atoms with E-state index in [4.69, 9.17) is 28.4 Å². The summed E-state index contributed by atoms with van der Waals surface area (Å²) in [7, 11) is 1.29. The van der Waals surface area contributed by atoms with Crippen molar-refractivity contribution < 1.29 is 38.0 Å². The van der Waals surface area contributed by atoms with Gasteiger partial charge in [-0.2, -0.15) is 0 Å². The van der Waals surface area contributed by atoms with Gasteiger partial charge in [0.2, 0.25) is 0 Å². The second-order valence-electron chi connectivity index (χ2n) is 8.17. The van der Waals surface area contributed by atoms with Gasteiger partial charge in [-0.15, -0.1) is 0 Å². The molecule has 0 aromatic heterocycles. The lowest BCUT2D eigenvalue weighted by Gasteiger charge is -2.39. The first-order valence-electron chi connectivity index (χ1n) is 8.71. The zero-order valence-electron chi connectivity index (χ0n) is 15.9. The normalized spacial score (nSPS) is 38.2. The lowest BCUT2D eigenvalue weighted by atomic mass is 9.89. The van der Waals surface area contributed by atoms with Crippen molar-refractivity contribution in [1.29, 1.82) is 0 Å². The molecule has 3 aliphatic rings. The van der Waals surface area contributed by atoms with Crippen LogP contribution in [-0.4, -0.2) is 67.8 Å². The molecule has 0 spiro atoms. The summed E-state index contributed by atoms with van der Waals surface area (Å²) in [6.45, 7) is 8.94. The molecule has 0 unspecified atom stereocenters. The number of rotatable bonds is 2. The maximum atomic E-state index is 12.3. The summed E-state index contributed by atoms with van der Waals surface area (Å²) in [5.74, 6) is -2.00. The summed E-state index contributed by atoms with van der Waals surface area (Å²) >= 11 is 0. The van der Waals surface area contributed by atoms with E-state index in [1.807, 2.05) is 0 Å². The molecule has 6 atom stereocenters. The van der Waals surface area contributed by atoms with Gasteiger partial charge in [-0.1, -0.05) is 0 Å². The van der Waals surface area contributed by atoms with Gasteiger partial charge in [0.05, 0.1) is 19.8 Å². The van der Waals surface area contributed by atoms with Crippen LogP contribution in [0.15, 0.2) is 0 Å². The first-order chi connectivity index (χ1) is 12.0. The Hall–Kier alpha value is -1.42. The number of hydrogen-bond acceptors (Lipinski definition) is 8. The Morgan fingerprint density at radius 2 is 1.81 bits per heavy atom. The number of methoxy groups -OCH3 is 1. The van der Waals surface area contributed by atoms with Gasteiger partial charge in [0, 0.05) is 0 Å². The number of alkyl carbamates (subject to hydrolysis) is 1. The molecule has 0 aromatic rings. The highest BCUT2D eigenvalue weighted by atomic mass is 16.8. The van der Waals surface area contributed by atoms with E-state index in [0.29, 0.717) is 0 Å². The third-order valence-corrected chi connectivity index (χ3v) is 4.47. The largest absolute Gasteiger partial charge is 0.469 e. The Morgan fingerprint density at radius 3 is 2.42 bits per heavy atom. The second kappa shape index (κ2) is 6.63. The number of esters is 1. The van der Waals surface area contributed by atoms with Gasteiger partial charge in [-0.05, 0) is 34.6 Å². The summed E-state index contributed by atoms with van der Waals surface area (Å²) in [6, 6.07) is -0.683. The highest BCUT2D eigenvalue weighted by Gasteiger charge is 2.61. The van der Waals surface area contributed by atoms with Gasteiger partial charge < -0.3 is 33.7 Å². The zero-order chi connectivity index (χ0) is 19.3. The molecule has 3 aliphatic heterocycles. The van der Waals surface area contributed by atoms with Crippen molar-refractivity contribution in [3.05, 3.63) is 0 Å². The van der Waals surface area contributed by atoms with Crippen LogP contribution in [0.1, 0.15) is 34.6 Å². The smallest absolute Gasteiger partial charge is 0.407 e. The van der Waals surface area contributed by atoms with Crippen molar-refractivity contribution in [3.63, 3.8) is 0 Å². The topological polar surface area (TPSA) is 102 Å². The number of nitrogens with one attached hydrogen (secondary N) is 1. The molecule has 3 fully saturated rings. The van der Waals surface area contributed by atoms with Crippen LogP contribution in [0.3, 0.4) is 0 Å². The van der Waals surface area contributed by atoms with Gasteiger partial charge in [0.1, 0.15) is 29.8 Å². The molecule has 9 nitrogen and oxygen atoms in total. The van der Waals surface area contributed by atoms with Gasteiger partial charge >= 0.3 is 12.1 Å². The molecule has 0 aliphatic carbocycles. The van der Waals surface area contributed by atoms with Crippen molar-refractivity contribution in [3.8, 4) is 0 Å². The maximum Gasteiger partial charge on any atom is 0.407 e. The highest BCUT2D eigenvalue weighted by Crippen LogP contribution is 2.42. The van der Waals surface area contributed by atoms with Gasteiger partial charge in [0.15, 0.2) is 12.1 Å². The second-order valence-corrected chi connectivity index (χ2v) is 8.17. The summed E-state index contributed by atoms with van der Waals surface area (Å²) < 4.78 is 33.5. The highest BCUT2D eigenvalue weighted by molar-refractivity contribution is 5.76. The molecule has 1 N–H and O–H groups in total. The minimum atomic E-state index is -0.781. The van der Waals surface area contributed by atoms with Crippen LogP contribution < -0.4 is 5.32 Å². The minimum Gasteiger partial charge on any atom is -0.469 e. The fourth-order valence-corrected chi connectivity index (χ4v) is 3.52. The number of amides is 1. The standard InChI is InChI=1S/C17H27NO8/c1-16(2,3)26-15(20)18-9-8(13(19)21-6)7-22-11-10(9)23-14-12(11)24-17(4,5)25-14/h8-12,14H,7H2,1-6H3,(H,18,20)/t8-,9-,10+,11-,12+,14+/m0/s1. The van der Waals surface area contributed by atoms with Crippen LogP contribution in [0.2, 0.25) is 0 Å². The third kappa shape index (κ3) is 3.80. The summed E-state index contributed by atoms with van der Waals surface area (Å²) in [6.07, 6.45) is -2.79. The lowest BCUT2D eigenvalue weighted by molar-refractivity contribution is -0.234. The third-order valence-electron chi connectivity index (χ3n) is 4.47. The van der Waals surface area contributed by atoms with Gasteiger partial charge in [-0.25, -0.2) is 4.79 Å². The van der Waals surface area contributed by atoms with E-state index in [-0.39, 0.29) is 6.61 Å². The average molecular weight is 373 g/mol. The molecule has 26 heavy (non-hydrogen) atoms. The predicted molar refractivity (Wildman–Crippen MR) is 87.1 cm³/mol. The summed E-state index contributed by atoms with van der Waals surface area (Å²) in [5, 5.41) is 2.74. The van der Waals surface area contributed by atoms with Crippen molar-refractivity contribution in [2.45, 2.75) is 76.7 Å². The number of carbonyl (C=O) groups is 2. The quantitative estimate of drug-likeness (QED) is 0.714. The fraction of sp³-hybridized carbons (Fsp3) is 0.882. The van der Waals surface area contributed by atoms with Gasteiger partial charge in [0.25, 0.3) is 0 Å². The van der Waals surface area contributed by atoms with Crippen LogP contribution in [0.25, 0.3) is 0 Å². The molecule has 0 aromatic carbocycles. The Kier molecular flexibility index (Phi) is 4.93. The van der Waals surface area contributed by atoms with Crippen LogP contribution in [0.4, 0.5) is 4.79 Å². The Labute approximate surface area is 152 Å². The molecule has 148 valence electrons. The average Bonchev–Trinajstić information content (AvgIpc) is 2.97.